The highest BCUT2D eigenvalue weighted by atomic mass is 32.2. The first-order valence-electron chi connectivity index (χ1n) is 24.8. The van der Waals surface area contributed by atoms with Crippen molar-refractivity contribution in [3.05, 3.63) is 202 Å². The predicted octanol–water partition coefficient (Wildman–Crippen LogP) is 9.17. The average Bonchev–Trinajstić information content (AvgIpc) is 3.84. The lowest BCUT2D eigenvalue weighted by atomic mass is 9.77. The zero-order valence-electron chi connectivity index (χ0n) is 42.5. The number of hydrogen-bond acceptors (Lipinski definition) is 17. The number of thiazole rings is 1. The second-order valence-corrected chi connectivity index (χ2v) is 22.6. The molecule has 0 radical (unpaired) electrons. The lowest BCUT2D eigenvalue weighted by Crippen LogP contribution is -2.71. The Morgan fingerprint density at radius 3 is 1.78 bits per heavy atom. The van der Waals surface area contributed by atoms with Crippen LogP contribution in [-0.2, 0) is 58.0 Å². The molecule has 0 aliphatic carbocycles. The number of ether oxygens (including phenoxy) is 5. The first-order chi connectivity index (χ1) is 38.2. The molecule has 23 heteroatoms. The monoisotopic (exact) mass is 1160 g/mol. The van der Waals surface area contributed by atoms with Crippen LogP contribution in [0.25, 0.3) is 0 Å². The van der Waals surface area contributed by atoms with Gasteiger partial charge in [0.15, 0.2) is 10.8 Å². The molecule has 3 atom stereocenters. The fourth-order valence-electron chi connectivity index (χ4n) is 9.52. The summed E-state index contributed by atoms with van der Waals surface area (Å²) in [7, 11) is -4.14. The smallest absolute Gasteiger partial charge is 0.469 e. The average molecular weight is 1160 g/mol. The van der Waals surface area contributed by atoms with E-state index in [4.69, 9.17) is 45.7 Å². The standard InChI is InChI=1S/C50H45N5O6S3.C6H9F3O5S/c1-32-40(35-28-59-31-60-29-35)43(48(62)61-44(33-18-8-3-9-19-33)34-20-10-4-11-21-34)55-46(57)42(47(55)64-32)52-45(56)41(54-58-2)39-30-63-49(51-39)53-50(36-22-12-5-13-23-36,37-24-14-6-15-25-37)38-26-16-7-17-27-38;7-6(8,9)15(10,11)14-3-5-1-12-4-13-2-5/h3-27,30,32,35,42,44,47H,28-29,31H2,1-2H3,(H,51,53)(H,52,56);5H,1-4H2/b54-41+;/t32?,42?,47-;/m1./s1. The van der Waals surface area contributed by atoms with Gasteiger partial charge in [-0.1, -0.05) is 157 Å². The van der Waals surface area contributed by atoms with E-state index in [-0.39, 0.29) is 60.3 Å². The molecule has 5 heterocycles. The number of carbonyl (C=O) groups excluding carboxylic acids is 2. The lowest BCUT2D eigenvalue weighted by molar-refractivity contribution is -0.145. The summed E-state index contributed by atoms with van der Waals surface area (Å²) in [4.78, 5) is 40.6. The number of thioether (sulfide) groups is 1. The molecular formula is C56H54F3N5O11S4. The molecule has 6 aromatic rings. The number of rotatable bonds is 17. The Kier molecular flexibility index (Phi) is 18.6. The number of benzene rings is 5. The first kappa shape index (κ1) is 57.2. The van der Waals surface area contributed by atoms with Crippen molar-refractivity contribution in [2.24, 2.45) is 17.0 Å². The fourth-order valence-corrected chi connectivity index (χ4v) is 12.6. The summed E-state index contributed by atoms with van der Waals surface area (Å²) < 4.78 is 88.0. The van der Waals surface area contributed by atoms with Gasteiger partial charge in [-0.2, -0.15) is 21.6 Å². The van der Waals surface area contributed by atoms with E-state index in [0.717, 1.165) is 33.4 Å². The quantitative estimate of drug-likeness (QED) is 0.0167. The van der Waals surface area contributed by atoms with Gasteiger partial charge in [0.1, 0.15) is 49.4 Å². The number of alkyl halides is 3. The van der Waals surface area contributed by atoms with Gasteiger partial charge in [-0.05, 0) is 52.5 Å². The van der Waals surface area contributed by atoms with Crippen molar-refractivity contribution in [1.82, 2.24) is 15.2 Å². The van der Waals surface area contributed by atoms with E-state index in [2.05, 4.69) is 63.3 Å². The first-order valence-corrected chi connectivity index (χ1v) is 28.5. The summed E-state index contributed by atoms with van der Waals surface area (Å²) in [5, 5.41) is 12.7. The Labute approximate surface area is 468 Å². The summed E-state index contributed by atoms with van der Waals surface area (Å²) >= 11 is 9.06. The number of β-lactam (4-membered cyclic amide) rings is 1. The normalized spacial score (nSPS) is 19.4. The SMILES string of the molecule is CO/N=C(/C(=O)NC1C(=O)N2C(C(=S)OC(c3ccccc3)c3ccccc3)=C(C3COCOC3)C(C)S[C@H]12)c1csc(NC(c2ccccc2)(c2ccccc2)c2ccccc2)n1.O=S(=O)(OCC1COCOC1)C(F)(F)F. The molecule has 16 nitrogen and oxygen atoms in total. The summed E-state index contributed by atoms with van der Waals surface area (Å²) in [6.45, 7) is 2.78. The van der Waals surface area contributed by atoms with Gasteiger partial charge < -0.3 is 39.2 Å². The second-order valence-electron chi connectivity index (χ2n) is 18.3. The third-order valence-corrected chi connectivity index (χ3v) is 16.7. The van der Waals surface area contributed by atoms with Crippen LogP contribution in [0.15, 0.2) is 173 Å². The molecular weight excluding hydrogens is 1100 g/mol. The van der Waals surface area contributed by atoms with Crippen molar-refractivity contribution in [2.75, 3.05) is 59.0 Å². The number of aromatic nitrogens is 1. The fraction of sp³-hybridized carbons (Fsp3) is 0.304. The van der Waals surface area contributed by atoms with Crippen molar-refractivity contribution >= 4 is 73.1 Å². The van der Waals surface area contributed by atoms with Crippen LogP contribution in [0.4, 0.5) is 18.3 Å². The minimum Gasteiger partial charge on any atom is -0.469 e. The van der Waals surface area contributed by atoms with E-state index in [1.165, 1.54) is 18.4 Å². The van der Waals surface area contributed by atoms with E-state index in [9.17, 15) is 31.2 Å². The van der Waals surface area contributed by atoms with Gasteiger partial charge in [0.05, 0.1) is 38.7 Å². The maximum absolute atomic E-state index is 14.5. The van der Waals surface area contributed by atoms with E-state index >= 15 is 0 Å². The maximum atomic E-state index is 14.5. The highest BCUT2D eigenvalue weighted by molar-refractivity contribution is 8.00. The topological polar surface area (TPSA) is 185 Å². The maximum Gasteiger partial charge on any atom is 0.523 e. The van der Waals surface area contributed by atoms with Crippen LogP contribution in [0.5, 0.6) is 0 Å². The van der Waals surface area contributed by atoms with Crippen LogP contribution in [-0.4, -0.2) is 117 Å². The summed E-state index contributed by atoms with van der Waals surface area (Å²) in [6, 6.07) is 49.3. The number of halogens is 3. The third-order valence-electron chi connectivity index (χ3n) is 13.2. The molecule has 10 rings (SSSR count). The molecule has 4 aliphatic rings. The Balaban J connectivity index is 0.000000438. The van der Waals surface area contributed by atoms with Crippen LogP contribution in [0, 0.1) is 11.8 Å². The van der Waals surface area contributed by atoms with Gasteiger partial charge in [0.25, 0.3) is 11.8 Å². The molecule has 414 valence electrons. The number of oxime groups is 1. The van der Waals surface area contributed by atoms with Crippen LogP contribution in [0.2, 0.25) is 0 Å². The van der Waals surface area contributed by atoms with Crippen molar-refractivity contribution in [3.8, 4) is 0 Å². The number of hydrogen-bond donors (Lipinski definition) is 2. The lowest BCUT2D eigenvalue weighted by Gasteiger charge is -2.53. The molecule has 1 aromatic heterocycles. The van der Waals surface area contributed by atoms with Gasteiger partial charge in [0, 0.05) is 22.5 Å². The van der Waals surface area contributed by atoms with Crippen LogP contribution in [0.3, 0.4) is 0 Å². The van der Waals surface area contributed by atoms with Crippen LogP contribution >= 0.6 is 35.3 Å². The number of nitrogens with one attached hydrogen (secondary N) is 2. The Hall–Kier alpha value is -6.54. The molecule has 3 fully saturated rings. The highest BCUT2D eigenvalue weighted by Crippen LogP contribution is 2.48. The number of nitrogens with zero attached hydrogens (tertiary/aromatic N) is 3. The van der Waals surface area contributed by atoms with Gasteiger partial charge in [-0.15, -0.1) is 23.1 Å². The molecule has 3 saturated heterocycles. The Morgan fingerprint density at radius 1 is 0.797 bits per heavy atom. The number of amides is 2. The number of thiocarbonyl (C=S) groups is 1. The summed E-state index contributed by atoms with van der Waals surface area (Å²) in [6.07, 6.45) is -0.540. The molecule has 0 bridgehead atoms. The minimum atomic E-state index is -5.51. The van der Waals surface area contributed by atoms with Gasteiger partial charge in [0.2, 0.25) is 5.05 Å². The van der Waals surface area contributed by atoms with E-state index in [0.29, 0.717) is 24.0 Å². The molecule has 0 spiro atoms. The summed E-state index contributed by atoms with van der Waals surface area (Å²) in [5.41, 5.74) is 0.224. The van der Waals surface area contributed by atoms with Gasteiger partial charge >= 0.3 is 15.6 Å². The zero-order chi connectivity index (χ0) is 55.6. The van der Waals surface area contributed by atoms with Crippen molar-refractivity contribution < 1.29 is 63.9 Å². The Bertz CT molecular complexity index is 3070. The van der Waals surface area contributed by atoms with Gasteiger partial charge in [-0.3, -0.25) is 18.7 Å². The van der Waals surface area contributed by atoms with Crippen molar-refractivity contribution in [2.45, 2.75) is 40.7 Å². The molecule has 2 amide bonds. The number of carbonyl (C=O) groups is 2. The van der Waals surface area contributed by atoms with E-state index in [1.807, 2.05) is 115 Å². The van der Waals surface area contributed by atoms with Crippen molar-refractivity contribution in [3.63, 3.8) is 0 Å². The van der Waals surface area contributed by atoms with Crippen LogP contribution in [0.1, 0.15) is 46.5 Å². The third kappa shape index (κ3) is 12.9. The van der Waals surface area contributed by atoms with Crippen molar-refractivity contribution in [1.29, 1.82) is 0 Å². The molecule has 0 saturated carbocycles. The zero-order valence-corrected chi connectivity index (χ0v) is 45.8. The van der Waals surface area contributed by atoms with Crippen LogP contribution < -0.4 is 10.6 Å². The minimum absolute atomic E-state index is 0.0581. The Morgan fingerprint density at radius 2 is 1.29 bits per heavy atom. The highest BCUT2D eigenvalue weighted by Gasteiger charge is 2.56. The van der Waals surface area contributed by atoms with E-state index in [1.54, 1.807) is 22.0 Å². The number of fused-ring (bicyclic) bond motifs is 1. The molecule has 79 heavy (non-hydrogen) atoms. The largest absolute Gasteiger partial charge is 0.523 e. The molecule has 5 aromatic carbocycles. The second kappa shape index (κ2) is 25.7. The van der Waals surface area contributed by atoms with E-state index < -0.39 is 57.1 Å². The molecule has 4 aliphatic heterocycles. The predicted molar refractivity (Wildman–Crippen MR) is 295 cm³/mol. The summed E-state index contributed by atoms with van der Waals surface area (Å²) in [5.74, 6) is -1.61. The molecule has 2 N–H and O–H groups in total. The number of anilines is 1. The molecule has 2 unspecified atom stereocenters. The van der Waals surface area contributed by atoms with Gasteiger partial charge in [-0.25, -0.2) is 4.98 Å².